The van der Waals surface area contributed by atoms with E-state index in [0.717, 1.165) is 42.6 Å². The first-order valence-electron chi connectivity index (χ1n) is 7.39. The first-order valence-corrected chi connectivity index (χ1v) is 7.39. The van der Waals surface area contributed by atoms with E-state index < -0.39 is 0 Å². The molecule has 1 rings (SSSR count). The predicted octanol–water partition coefficient (Wildman–Crippen LogP) is 3.32. The molecule has 0 unspecified atom stereocenters. The van der Waals surface area contributed by atoms with Crippen molar-refractivity contribution < 1.29 is 4.79 Å². The summed E-state index contributed by atoms with van der Waals surface area (Å²) in [6, 6.07) is 5.80. The fourth-order valence-corrected chi connectivity index (χ4v) is 2.27. The van der Waals surface area contributed by atoms with E-state index in [9.17, 15) is 4.79 Å². The van der Waals surface area contributed by atoms with Crippen LogP contribution in [-0.4, -0.2) is 23.4 Å². The van der Waals surface area contributed by atoms with Gasteiger partial charge in [0.25, 0.3) is 5.91 Å². The zero-order valence-electron chi connectivity index (χ0n) is 13.1. The molecule has 4 heteroatoms. The molecular weight excluding hydrogens is 250 g/mol. The van der Waals surface area contributed by atoms with Gasteiger partial charge in [0.1, 0.15) is 0 Å². The predicted molar refractivity (Wildman–Crippen MR) is 84.7 cm³/mol. The van der Waals surface area contributed by atoms with Gasteiger partial charge in [-0.05, 0) is 51.0 Å². The topological polar surface area (TPSA) is 58.4 Å². The van der Waals surface area contributed by atoms with Crippen molar-refractivity contribution in [3.63, 3.8) is 0 Å². The number of aryl methyl sites for hydroxylation is 1. The Hall–Kier alpha value is -1.55. The Morgan fingerprint density at radius 1 is 1.35 bits per heavy atom. The second-order valence-corrected chi connectivity index (χ2v) is 5.47. The fraction of sp³-hybridized carbons (Fsp3) is 0.562. The standard InChI is InChI=1S/C16H27N3O/c1-5-6-7-10-19(12(2)3)16(20)15-9-8-14(18-17)11-13(15)4/h8-9,11-12,18H,5-7,10,17H2,1-4H3. The van der Waals surface area contributed by atoms with Crippen LogP contribution in [-0.2, 0) is 0 Å². The van der Waals surface area contributed by atoms with E-state index in [1.807, 2.05) is 30.0 Å². The Labute approximate surface area is 122 Å². The third-order valence-electron chi connectivity index (χ3n) is 3.51. The molecule has 0 saturated carbocycles. The molecule has 1 aromatic rings. The minimum absolute atomic E-state index is 0.108. The highest BCUT2D eigenvalue weighted by molar-refractivity contribution is 5.96. The molecular formula is C16H27N3O. The molecule has 0 aliphatic rings. The van der Waals surface area contributed by atoms with Gasteiger partial charge in [-0.3, -0.25) is 10.6 Å². The monoisotopic (exact) mass is 277 g/mol. The number of carbonyl (C=O) groups excluding carboxylic acids is 1. The van der Waals surface area contributed by atoms with Crippen LogP contribution in [0.4, 0.5) is 5.69 Å². The van der Waals surface area contributed by atoms with E-state index in [1.54, 1.807) is 0 Å². The molecule has 0 radical (unpaired) electrons. The van der Waals surface area contributed by atoms with Crippen molar-refractivity contribution in [1.82, 2.24) is 4.90 Å². The second kappa shape index (κ2) is 7.90. The van der Waals surface area contributed by atoms with Crippen LogP contribution in [0.5, 0.6) is 0 Å². The molecule has 0 aliphatic heterocycles. The van der Waals surface area contributed by atoms with E-state index >= 15 is 0 Å². The summed E-state index contributed by atoms with van der Waals surface area (Å²) in [5, 5.41) is 0. The number of benzene rings is 1. The summed E-state index contributed by atoms with van der Waals surface area (Å²) in [4.78, 5) is 14.6. The van der Waals surface area contributed by atoms with Crippen LogP contribution in [0.25, 0.3) is 0 Å². The normalized spacial score (nSPS) is 10.7. The molecule has 0 heterocycles. The molecule has 0 fully saturated rings. The fourth-order valence-electron chi connectivity index (χ4n) is 2.27. The molecule has 4 nitrogen and oxygen atoms in total. The SMILES string of the molecule is CCCCCN(C(=O)c1ccc(NN)cc1C)C(C)C. The van der Waals surface area contributed by atoms with Crippen LogP contribution < -0.4 is 11.3 Å². The van der Waals surface area contributed by atoms with Gasteiger partial charge in [0.2, 0.25) is 0 Å². The maximum Gasteiger partial charge on any atom is 0.254 e. The average molecular weight is 277 g/mol. The number of unbranched alkanes of at least 4 members (excludes halogenated alkanes) is 2. The van der Waals surface area contributed by atoms with Gasteiger partial charge >= 0.3 is 0 Å². The minimum atomic E-state index is 0.108. The summed E-state index contributed by atoms with van der Waals surface area (Å²) < 4.78 is 0. The molecule has 0 spiro atoms. The lowest BCUT2D eigenvalue weighted by atomic mass is 10.1. The molecule has 112 valence electrons. The smallest absolute Gasteiger partial charge is 0.254 e. The number of carbonyl (C=O) groups is 1. The van der Waals surface area contributed by atoms with Gasteiger partial charge < -0.3 is 10.3 Å². The summed E-state index contributed by atoms with van der Waals surface area (Å²) >= 11 is 0. The third kappa shape index (κ3) is 4.23. The molecule has 0 aromatic heterocycles. The van der Waals surface area contributed by atoms with Gasteiger partial charge in [0.15, 0.2) is 0 Å². The van der Waals surface area contributed by atoms with E-state index in [-0.39, 0.29) is 11.9 Å². The van der Waals surface area contributed by atoms with Crippen molar-refractivity contribution in [2.75, 3.05) is 12.0 Å². The van der Waals surface area contributed by atoms with Gasteiger partial charge in [0.05, 0.1) is 0 Å². The van der Waals surface area contributed by atoms with Crippen LogP contribution in [0, 0.1) is 6.92 Å². The zero-order chi connectivity index (χ0) is 15.1. The quantitative estimate of drug-likeness (QED) is 0.456. The molecule has 0 bridgehead atoms. The second-order valence-electron chi connectivity index (χ2n) is 5.47. The van der Waals surface area contributed by atoms with Gasteiger partial charge in [-0.25, -0.2) is 0 Å². The Kier molecular flexibility index (Phi) is 6.52. The number of nitrogens with two attached hydrogens (primary N) is 1. The number of nitrogens with zero attached hydrogens (tertiary/aromatic N) is 1. The third-order valence-corrected chi connectivity index (χ3v) is 3.51. The van der Waals surface area contributed by atoms with Crippen LogP contribution in [0.2, 0.25) is 0 Å². The van der Waals surface area contributed by atoms with E-state index in [2.05, 4.69) is 26.2 Å². The number of hydrogen-bond donors (Lipinski definition) is 2. The first kappa shape index (κ1) is 16.5. The number of hydrogen-bond acceptors (Lipinski definition) is 3. The van der Waals surface area contributed by atoms with Crippen molar-refractivity contribution in [3.05, 3.63) is 29.3 Å². The first-order chi connectivity index (χ1) is 9.51. The Morgan fingerprint density at radius 3 is 2.55 bits per heavy atom. The van der Waals surface area contributed by atoms with Crippen LogP contribution in [0.3, 0.4) is 0 Å². The van der Waals surface area contributed by atoms with Gasteiger partial charge in [0, 0.05) is 23.8 Å². The highest BCUT2D eigenvalue weighted by atomic mass is 16.2. The number of amides is 1. The van der Waals surface area contributed by atoms with Crippen molar-refractivity contribution >= 4 is 11.6 Å². The number of rotatable bonds is 7. The number of hydrazine groups is 1. The Morgan fingerprint density at radius 2 is 2.05 bits per heavy atom. The Bertz CT molecular complexity index is 443. The molecule has 0 saturated heterocycles. The summed E-state index contributed by atoms with van der Waals surface area (Å²) in [6.45, 7) is 9.06. The Balaban J connectivity index is 2.88. The molecule has 0 aliphatic carbocycles. The van der Waals surface area contributed by atoms with E-state index in [1.165, 1.54) is 0 Å². The lowest BCUT2D eigenvalue weighted by Crippen LogP contribution is -2.38. The summed E-state index contributed by atoms with van der Waals surface area (Å²) in [5.74, 6) is 5.50. The zero-order valence-corrected chi connectivity index (χ0v) is 13.1. The summed E-state index contributed by atoms with van der Waals surface area (Å²) in [6.07, 6.45) is 3.38. The molecule has 1 amide bonds. The number of nitrogen functional groups attached to an aromatic ring is 1. The van der Waals surface area contributed by atoms with Crippen LogP contribution in [0.1, 0.15) is 56.0 Å². The van der Waals surface area contributed by atoms with Crippen LogP contribution in [0.15, 0.2) is 18.2 Å². The average Bonchev–Trinajstić information content (AvgIpc) is 2.42. The highest BCUT2D eigenvalue weighted by Crippen LogP contribution is 2.18. The highest BCUT2D eigenvalue weighted by Gasteiger charge is 2.19. The minimum Gasteiger partial charge on any atom is -0.336 e. The maximum absolute atomic E-state index is 12.7. The van der Waals surface area contributed by atoms with Gasteiger partial charge in [-0.1, -0.05) is 19.8 Å². The van der Waals surface area contributed by atoms with Crippen molar-refractivity contribution in [1.29, 1.82) is 0 Å². The van der Waals surface area contributed by atoms with Gasteiger partial charge in [-0.15, -0.1) is 0 Å². The van der Waals surface area contributed by atoms with Crippen molar-refractivity contribution in [3.8, 4) is 0 Å². The number of anilines is 1. The molecule has 0 atom stereocenters. The lowest BCUT2D eigenvalue weighted by molar-refractivity contribution is 0.0701. The van der Waals surface area contributed by atoms with Crippen LogP contribution >= 0.6 is 0 Å². The molecule has 20 heavy (non-hydrogen) atoms. The molecule has 1 aromatic carbocycles. The number of nitrogens with one attached hydrogen (secondary N) is 1. The van der Waals surface area contributed by atoms with Crippen molar-refractivity contribution in [2.24, 2.45) is 5.84 Å². The summed E-state index contributed by atoms with van der Waals surface area (Å²) in [7, 11) is 0. The molecule has 3 N–H and O–H groups in total. The van der Waals surface area contributed by atoms with E-state index in [4.69, 9.17) is 5.84 Å². The lowest BCUT2D eigenvalue weighted by Gasteiger charge is -2.27. The maximum atomic E-state index is 12.7. The largest absolute Gasteiger partial charge is 0.336 e. The van der Waals surface area contributed by atoms with Crippen molar-refractivity contribution in [2.45, 2.75) is 53.0 Å². The summed E-state index contributed by atoms with van der Waals surface area (Å²) in [5.41, 5.74) is 5.13. The van der Waals surface area contributed by atoms with E-state index in [0.29, 0.717) is 0 Å². The van der Waals surface area contributed by atoms with Gasteiger partial charge in [-0.2, -0.15) is 0 Å².